The molecule has 4 rings (SSSR count). The van der Waals surface area contributed by atoms with Crippen LogP contribution in [0.25, 0.3) is 16.7 Å². The van der Waals surface area contributed by atoms with Gasteiger partial charge in [0.2, 0.25) is 11.7 Å². The van der Waals surface area contributed by atoms with Crippen LogP contribution in [0, 0.1) is 6.92 Å². The van der Waals surface area contributed by atoms with Gasteiger partial charge in [-0.25, -0.2) is 0 Å². The van der Waals surface area contributed by atoms with E-state index in [1.807, 2.05) is 73.7 Å². The first-order valence-corrected chi connectivity index (χ1v) is 11.7. The Labute approximate surface area is 198 Å². The first-order valence-electron chi connectivity index (χ1n) is 11.7. The minimum Gasteiger partial charge on any atom is -0.379 e. The lowest BCUT2D eigenvalue weighted by Crippen LogP contribution is -2.25. The number of rotatable bonds is 10. The minimum atomic E-state index is -0.0950. The summed E-state index contributed by atoms with van der Waals surface area (Å²) in [5.41, 5.74) is 2.90. The van der Waals surface area contributed by atoms with Gasteiger partial charge in [-0.15, -0.1) is 10.2 Å². The molecule has 2 aromatic carbocycles. The molecule has 8 heteroatoms. The van der Waals surface area contributed by atoms with Gasteiger partial charge in [0.05, 0.1) is 17.0 Å². The van der Waals surface area contributed by atoms with Gasteiger partial charge in [-0.1, -0.05) is 42.0 Å². The van der Waals surface area contributed by atoms with E-state index in [1.165, 1.54) is 5.56 Å². The van der Waals surface area contributed by atoms with Gasteiger partial charge in [0.15, 0.2) is 0 Å². The number of benzene rings is 2. The average molecular weight is 462 g/mol. The summed E-state index contributed by atoms with van der Waals surface area (Å²) in [5.74, 6) is 1.09. The number of hydrogen-bond donors (Lipinski definition) is 1. The number of aromatic nitrogens is 4. The fourth-order valence-electron chi connectivity index (χ4n) is 3.94. The molecule has 0 saturated heterocycles. The standard InChI is InChI=1S/C26H31N5O3/c1-18(2)34-16-6-15-30-25(33)21-7-4-5-8-22(21)31-23(28-29-26(30)31)13-14-24(32)27-17-20-11-9-19(3)10-12-20/h4-5,7-12,18H,6,13-17H2,1-3H3,(H,27,32). The Morgan fingerprint density at radius 3 is 2.62 bits per heavy atom. The van der Waals surface area contributed by atoms with Gasteiger partial charge in [0.25, 0.3) is 5.56 Å². The molecular formula is C26H31N5O3. The van der Waals surface area contributed by atoms with Crippen molar-refractivity contribution in [3.63, 3.8) is 0 Å². The fourth-order valence-corrected chi connectivity index (χ4v) is 3.94. The maximum absolute atomic E-state index is 13.2. The first kappa shape index (κ1) is 23.6. The number of ether oxygens (including phenoxy) is 1. The van der Waals surface area contributed by atoms with Gasteiger partial charge in [0, 0.05) is 32.5 Å². The molecule has 0 saturated carbocycles. The Balaban J connectivity index is 1.53. The molecule has 0 fully saturated rings. The number of hydrogen-bond acceptors (Lipinski definition) is 5. The third-order valence-corrected chi connectivity index (χ3v) is 5.74. The highest BCUT2D eigenvalue weighted by molar-refractivity contribution is 5.80. The number of carbonyl (C=O) groups excluding carboxylic acids is 1. The molecule has 1 N–H and O–H groups in total. The van der Waals surface area contributed by atoms with Crippen molar-refractivity contribution >= 4 is 22.6 Å². The zero-order valence-corrected chi connectivity index (χ0v) is 20.0. The zero-order valence-electron chi connectivity index (χ0n) is 20.0. The highest BCUT2D eigenvalue weighted by Gasteiger charge is 2.17. The van der Waals surface area contributed by atoms with E-state index >= 15 is 0 Å². The van der Waals surface area contributed by atoms with Crippen LogP contribution in [-0.2, 0) is 29.0 Å². The van der Waals surface area contributed by atoms with Crippen LogP contribution in [0.3, 0.4) is 0 Å². The van der Waals surface area contributed by atoms with E-state index in [4.69, 9.17) is 4.74 Å². The van der Waals surface area contributed by atoms with Crippen LogP contribution in [-0.4, -0.2) is 37.8 Å². The molecule has 0 bridgehead atoms. The second-order valence-electron chi connectivity index (χ2n) is 8.76. The molecular weight excluding hydrogens is 430 g/mol. The van der Waals surface area contributed by atoms with Crippen LogP contribution in [0.5, 0.6) is 0 Å². The molecule has 34 heavy (non-hydrogen) atoms. The molecule has 0 atom stereocenters. The van der Waals surface area contributed by atoms with E-state index in [0.717, 1.165) is 11.1 Å². The summed E-state index contributed by atoms with van der Waals surface area (Å²) in [5, 5.41) is 12.2. The third kappa shape index (κ3) is 5.34. The number of fused-ring (bicyclic) bond motifs is 3. The van der Waals surface area contributed by atoms with E-state index in [2.05, 4.69) is 15.5 Å². The van der Waals surface area contributed by atoms with Crippen molar-refractivity contribution < 1.29 is 9.53 Å². The Hall–Kier alpha value is -3.52. The largest absolute Gasteiger partial charge is 0.379 e. The highest BCUT2D eigenvalue weighted by atomic mass is 16.5. The summed E-state index contributed by atoms with van der Waals surface area (Å²) in [6, 6.07) is 15.5. The van der Waals surface area contributed by atoms with E-state index < -0.39 is 0 Å². The van der Waals surface area contributed by atoms with Gasteiger partial charge in [0.1, 0.15) is 5.82 Å². The van der Waals surface area contributed by atoms with Crippen molar-refractivity contribution in [1.29, 1.82) is 0 Å². The average Bonchev–Trinajstić information content (AvgIpc) is 3.25. The molecule has 2 heterocycles. The molecule has 0 radical (unpaired) electrons. The first-order chi connectivity index (χ1) is 16.4. The molecule has 0 unspecified atom stereocenters. The SMILES string of the molecule is Cc1ccc(CNC(=O)CCc2nnc3n(CCCOC(C)C)c(=O)c4ccccc4n23)cc1. The molecule has 4 aromatic rings. The lowest BCUT2D eigenvalue weighted by atomic mass is 10.1. The number of nitrogens with zero attached hydrogens (tertiary/aromatic N) is 4. The maximum atomic E-state index is 13.2. The molecule has 178 valence electrons. The second kappa shape index (κ2) is 10.6. The summed E-state index contributed by atoms with van der Waals surface area (Å²) < 4.78 is 9.18. The summed E-state index contributed by atoms with van der Waals surface area (Å²) in [7, 11) is 0. The van der Waals surface area contributed by atoms with Crippen LogP contribution in [0.15, 0.2) is 53.3 Å². The van der Waals surface area contributed by atoms with E-state index in [-0.39, 0.29) is 24.0 Å². The van der Waals surface area contributed by atoms with Gasteiger partial charge in [-0.2, -0.15) is 0 Å². The van der Waals surface area contributed by atoms with Crippen LogP contribution in [0.4, 0.5) is 0 Å². The number of nitrogens with one attached hydrogen (secondary N) is 1. The molecule has 0 spiro atoms. The molecule has 2 aromatic heterocycles. The van der Waals surface area contributed by atoms with Gasteiger partial charge < -0.3 is 10.1 Å². The molecule has 1 amide bonds. The van der Waals surface area contributed by atoms with Crippen molar-refractivity contribution in [1.82, 2.24) is 24.5 Å². The fraction of sp³-hybridized carbons (Fsp3) is 0.385. The molecule has 8 nitrogen and oxygen atoms in total. The van der Waals surface area contributed by atoms with E-state index in [9.17, 15) is 9.59 Å². The van der Waals surface area contributed by atoms with Gasteiger partial charge in [-0.3, -0.25) is 18.6 Å². The minimum absolute atomic E-state index is 0.0548. The summed E-state index contributed by atoms with van der Waals surface area (Å²) >= 11 is 0. The quantitative estimate of drug-likeness (QED) is 0.366. The van der Waals surface area contributed by atoms with Crippen molar-refractivity contribution in [2.24, 2.45) is 0 Å². The Kier molecular flexibility index (Phi) is 7.37. The predicted molar refractivity (Wildman–Crippen MR) is 132 cm³/mol. The number of para-hydroxylation sites is 1. The number of aryl methyl sites for hydroxylation is 3. The van der Waals surface area contributed by atoms with Crippen molar-refractivity contribution in [3.05, 3.63) is 75.8 Å². The molecule has 0 aliphatic heterocycles. The monoisotopic (exact) mass is 461 g/mol. The Morgan fingerprint density at radius 1 is 1.09 bits per heavy atom. The lowest BCUT2D eigenvalue weighted by molar-refractivity contribution is -0.121. The third-order valence-electron chi connectivity index (χ3n) is 5.74. The van der Waals surface area contributed by atoms with Crippen LogP contribution >= 0.6 is 0 Å². The van der Waals surface area contributed by atoms with Crippen LogP contribution in [0.2, 0.25) is 0 Å². The summed E-state index contributed by atoms with van der Waals surface area (Å²) in [4.78, 5) is 25.7. The predicted octanol–water partition coefficient (Wildman–Crippen LogP) is 3.42. The normalized spacial score (nSPS) is 11.5. The maximum Gasteiger partial charge on any atom is 0.262 e. The van der Waals surface area contributed by atoms with Crippen molar-refractivity contribution in [3.8, 4) is 0 Å². The van der Waals surface area contributed by atoms with E-state index in [0.29, 0.717) is 49.5 Å². The van der Waals surface area contributed by atoms with Gasteiger partial charge >= 0.3 is 0 Å². The zero-order chi connectivity index (χ0) is 24.1. The number of carbonyl (C=O) groups is 1. The molecule has 0 aliphatic carbocycles. The van der Waals surface area contributed by atoms with E-state index in [1.54, 1.807) is 4.57 Å². The summed E-state index contributed by atoms with van der Waals surface area (Å²) in [6.45, 7) is 7.54. The highest BCUT2D eigenvalue weighted by Crippen LogP contribution is 2.16. The van der Waals surface area contributed by atoms with Gasteiger partial charge in [-0.05, 0) is 44.9 Å². The smallest absolute Gasteiger partial charge is 0.262 e. The number of amides is 1. The summed E-state index contributed by atoms with van der Waals surface area (Å²) in [6.07, 6.45) is 1.53. The Morgan fingerprint density at radius 2 is 1.85 bits per heavy atom. The Bertz CT molecular complexity index is 1340. The second-order valence-corrected chi connectivity index (χ2v) is 8.76. The van der Waals surface area contributed by atoms with Crippen LogP contribution < -0.4 is 10.9 Å². The van der Waals surface area contributed by atoms with Crippen molar-refractivity contribution in [2.75, 3.05) is 6.61 Å². The topological polar surface area (TPSA) is 90.5 Å². The van der Waals surface area contributed by atoms with Crippen LogP contribution in [0.1, 0.15) is 43.6 Å². The molecule has 0 aliphatic rings. The lowest BCUT2D eigenvalue weighted by Gasteiger charge is -2.12. The van der Waals surface area contributed by atoms with Crippen molar-refractivity contribution in [2.45, 2.75) is 59.2 Å².